The van der Waals surface area contributed by atoms with Gasteiger partial charge in [-0.1, -0.05) is 17.7 Å². The second-order valence-corrected chi connectivity index (χ2v) is 4.91. The number of allylic oxidation sites excluding steroid dienone is 2. The van der Waals surface area contributed by atoms with Gasteiger partial charge in [-0.25, -0.2) is 0 Å². The monoisotopic (exact) mass is 281 g/mol. The highest BCUT2D eigenvalue weighted by Crippen LogP contribution is 2.14. The fraction of sp³-hybridized carbons (Fsp3) is 0.167. The highest BCUT2D eigenvalue weighted by molar-refractivity contribution is 6.05. The van der Waals surface area contributed by atoms with Crippen LogP contribution in [0.4, 0.5) is 5.69 Å². The van der Waals surface area contributed by atoms with Gasteiger partial charge in [0.05, 0.1) is 7.11 Å². The first-order chi connectivity index (χ1) is 10.1. The fourth-order valence-electron chi connectivity index (χ4n) is 1.94. The summed E-state index contributed by atoms with van der Waals surface area (Å²) in [4.78, 5) is 12.1. The van der Waals surface area contributed by atoms with Gasteiger partial charge in [0.25, 0.3) is 0 Å². The molecule has 0 saturated heterocycles. The van der Waals surface area contributed by atoms with Gasteiger partial charge in [-0.3, -0.25) is 4.79 Å². The van der Waals surface area contributed by atoms with Crippen LogP contribution in [0.25, 0.3) is 0 Å². The molecule has 3 nitrogen and oxygen atoms in total. The smallest absolute Gasteiger partial charge is 0.187 e. The number of hydrogen-bond acceptors (Lipinski definition) is 3. The van der Waals surface area contributed by atoms with Crippen molar-refractivity contribution in [3.8, 4) is 5.75 Å². The number of ketones is 1. The maximum absolute atomic E-state index is 12.1. The van der Waals surface area contributed by atoms with E-state index in [1.54, 1.807) is 37.5 Å². The number of hydrogen-bond donors (Lipinski definition) is 1. The quantitative estimate of drug-likeness (QED) is 0.659. The van der Waals surface area contributed by atoms with Gasteiger partial charge in [-0.05, 0) is 50.2 Å². The van der Waals surface area contributed by atoms with Crippen molar-refractivity contribution in [3.63, 3.8) is 0 Å². The van der Waals surface area contributed by atoms with E-state index < -0.39 is 0 Å². The summed E-state index contributed by atoms with van der Waals surface area (Å²) in [6.45, 7) is 3.92. The van der Waals surface area contributed by atoms with Crippen molar-refractivity contribution in [3.05, 3.63) is 71.4 Å². The van der Waals surface area contributed by atoms with E-state index in [1.807, 2.05) is 38.1 Å². The molecule has 1 N–H and O–H groups in total. The molecule has 0 fully saturated rings. The lowest BCUT2D eigenvalue weighted by molar-refractivity contribution is 0.104. The van der Waals surface area contributed by atoms with Crippen LogP contribution in [0.2, 0.25) is 0 Å². The van der Waals surface area contributed by atoms with Crippen LogP contribution >= 0.6 is 0 Å². The molecule has 0 bridgehead atoms. The minimum atomic E-state index is -0.0326. The average Bonchev–Trinajstić information content (AvgIpc) is 2.49. The number of methoxy groups -OCH3 is 1. The van der Waals surface area contributed by atoms with E-state index in [0.717, 1.165) is 17.1 Å². The van der Waals surface area contributed by atoms with Crippen LogP contribution < -0.4 is 10.1 Å². The van der Waals surface area contributed by atoms with E-state index >= 15 is 0 Å². The Balaban J connectivity index is 2.06. The van der Waals surface area contributed by atoms with Crippen molar-refractivity contribution >= 4 is 11.5 Å². The van der Waals surface area contributed by atoms with Crippen molar-refractivity contribution in [2.24, 2.45) is 0 Å². The summed E-state index contributed by atoms with van der Waals surface area (Å²) in [6, 6.07) is 15.1. The molecule has 0 unspecified atom stereocenters. The number of ether oxygens (including phenoxy) is 1. The second kappa shape index (κ2) is 6.75. The van der Waals surface area contributed by atoms with Crippen LogP contribution in [-0.2, 0) is 0 Å². The summed E-state index contributed by atoms with van der Waals surface area (Å²) < 4.78 is 5.08. The molecule has 0 spiro atoms. The Morgan fingerprint density at radius 2 is 1.67 bits per heavy atom. The largest absolute Gasteiger partial charge is 0.497 e. The summed E-state index contributed by atoms with van der Waals surface area (Å²) in [5.41, 5.74) is 3.62. The molecule has 0 aliphatic rings. The summed E-state index contributed by atoms with van der Waals surface area (Å²) in [5, 5.41) is 3.21. The lowest BCUT2D eigenvalue weighted by atomic mass is 10.1. The summed E-state index contributed by atoms with van der Waals surface area (Å²) >= 11 is 0. The van der Waals surface area contributed by atoms with Gasteiger partial charge in [0.1, 0.15) is 5.75 Å². The van der Waals surface area contributed by atoms with Crippen molar-refractivity contribution in [2.45, 2.75) is 13.8 Å². The number of carbonyl (C=O) groups is 1. The Hall–Kier alpha value is -2.55. The molecule has 0 heterocycles. The highest BCUT2D eigenvalue weighted by atomic mass is 16.5. The van der Waals surface area contributed by atoms with E-state index in [9.17, 15) is 4.79 Å². The first-order valence-electron chi connectivity index (χ1n) is 6.79. The van der Waals surface area contributed by atoms with E-state index in [0.29, 0.717) is 5.56 Å². The van der Waals surface area contributed by atoms with Crippen LogP contribution in [0.5, 0.6) is 5.75 Å². The van der Waals surface area contributed by atoms with Gasteiger partial charge in [0, 0.05) is 23.0 Å². The summed E-state index contributed by atoms with van der Waals surface area (Å²) in [5.74, 6) is 0.708. The summed E-state index contributed by atoms with van der Waals surface area (Å²) in [7, 11) is 1.60. The first kappa shape index (κ1) is 14.9. The lowest BCUT2D eigenvalue weighted by Gasteiger charge is -2.07. The van der Waals surface area contributed by atoms with Crippen molar-refractivity contribution in [1.82, 2.24) is 0 Å². The number of anilines is 1. The predicted octanol–water partition coefficient (Wildman–Crippen LogP) is 4.20. The van der Waals surface area contributed by atoms with Crippen molar-refractivity contribution in [2.75, 3.05) is 12.4 Å². The third-order valence-electron chi connectivity index (χ3n) is 3.12. The zero-order chi connectivity index (χ0) is 15.2. The Bertz CT molecular complexity index is 640. The molecular formula is C18H19NO2. The van der Waals surface area contributed by atoms with E-state index in [2.05, 4.69) is 5.32 Å². The van der Waals surface area contributed by atoms with Gasteiger partial charge in [-0.15, -0.1) is 0 Å². The topological polar surface area (TPSA) is 38.3 Å². The molecule has 108 valence electrons. The minimum absolute atomic E-state index is 0.0326. The first-order valence-corrected chi connectivity index (χ1v) is 6.79. The number of benzene rings is 2. The maximum atomic E-state index is 12.1. The van der Waals surface area contributed by atoms with Crippen molar-refractivity contribution in [1.29, 1.82) is 0 Å². The van der Waals surface area contributed by atoms with E-state index in [4.69, 9.17) is 4.74 Å². The highest BCUT2D eigenvalue weighted by Gasteiger charge is 2.03. The van der Waals surface area contributed by atoms with Crippen LogP contribution in [0.1, 0.15) is 22.8 Å². The molecular weight excluding hydrogens is 262 g/mol. The van der Waals surface area contributed by atoms with Gasteiger partial charge in [0.2, 0.25) is 0 Å². The molecule has 0 amide bonds. The molecule has 21 heavy (non-hydrogen) atoms. The molecule has 0 aliphatic carbocycles. The standard InChI is InChI=1S/C18H19NO2/c1-13-4-8-16(9-5-13)19-14(2)12-18(20)15-6-10-17(21-3)11-7-15/h4-12,19H,1-3H3/b14-12+. The molecule has 2 aromatic rings. The minimum Gasteiger partial charge on any atom is -0.497 e. The number of carbonyl (C=O) groups excluding carboxylic acids is 1. The van der Waals surface area contributed by atoms with Crippen LogP contribution in [0.3, 0.4) is 0 Å². The predicted molar refractivity (Wildman–Crippen MR) is 85.9 cm³/mol. The third kappa shape index (κ3) is 4.21. The normalized spacial score (nSPS) is 11.1. The van der Waals surface area contributed by atoms with Crippen LogP contribution in [-0.4, -0.2) is 12.9 Å². The molecule has 0 radical (unpaired) electrons. The number of rotatable bonds is 5. The molecule has 3 heteroatoms. The molecule has 0 saturated carbocycles. The lowest BCUT2D eigenvalue weighted by Crippen LogP contribution is -2.01. The van der Waals surface area contributed by atoms with E-state index in [-0.39, 0.29) is 5.78 Å². The molecule has 0 aliphatic heterocycles. The number of nitrogens with one attached hydrogen (secondary N) is 1. The van der Waals surface area contributed by atoms with Gasteiger partial charge >= 0.3 is 0 Å². The second-order valence-electron chi connectivity index (χ2n) is 4.91. The molecule has 2 aromatic carbocycles. The number of aryl methyl sites for hydroxylation is 1. The third-order valence-corrected chi connectivity index (χ3v) is 3.12. The average molecular weight is 281 g/mol. The van der Waals surface area contributed by atoms with Gasteiger partial charge < -0.3 is 10.1 Å². The van der Waals surface area contributed by atoms with E-state index in [1.165, 1.54) is 5.56 Å². The van der Waals surface area contributed by atoms with Gasteiger partial charge in [-0.2, -0.15) is 0 Å². The molecule has 0 aromatic heterocycles. The molecule has 0 atom stereocenters. The fourth-order valence-corrected chi connectivity index (χ4v) is 1.94. The van der Waals surface area contributed by atoms with Gasteiger partial charge in [0.15, 0.2) is 5.78 Å². The Kier molecular flexibility index (Phi) is 4.77. The van der Waals surface area contributed by atoms with Crippen LogP contribution in [0.15, 0.2) is 60.3 Å². The zero-order valence-corrected chi connectivity index (χ0v) is 12.5. The SMILES string of the molecule is COc1ccc(C(=O)/C=C(\C)Nc2ccc(C)cc2)cc1. The molecule has 2 rings (SSSR count). The Morgan fingerprint density at radius 3 is 2.24 bits per heavy atom. The maximum Gasteiger partial charge on any atom is 0.187 e. The van der Waals surface area contributed by atoms with Crippen LogP contribution in [0, 0.1) is 6.92 Å². The zero-order valence-electron chi connectivity index (χ0n) is 12.5. The Labute approximate surface area is 125 Å². The van der Waals surface area contributed by atoms with Crippen molar-refractivity contribution < 1.29 is 9.53 Å². The Morgan fingerprint density at radius 1 is 1.05 bits per heavy atom. The summed E-state index contributed by atoms with van der Waals surface area (Å²) in [6.07, 6.45) is 1.60.